The number of rotatable bonds is 4. The molecule has 0 saturated heterocycles. The molecule has 52 heavy (non-hydrogen) atoms. The fourth-order valence-corrected chi connectivity index (χ4v) is 12.6. The average Bonchev–Trinajstić information content (AvgIpc) is 3.96. The molecule has 6 nitrogen and oxygen atoms in total. The SMILES string of the molecule is CN1C=CC=C(c2c3nc(c(C4=CC=CN(C)C4)c4ccc([se]4)c(C4=CC=CN(C)C4)c4nc(c(C5=CC=CN(C)C5)c5ccc2[se]5)C=C4)C=C3)C1. The van der Waals surface area contributed by atoms with Crippen molar-refractivity contribution in [3.8, 4) is 0 Å². The van der Waals surface area contributed by atoms with Gasteiger partial charge in [0.2, 0.25) is 0 Å². The van der Waals surface area contributed by atoms with Crippen molar-refractivity contribution in [2.24, 2.45) is 0 Å². The van der Waals surface area contributed by atoms with Crippen molar-refractivity contribution in [3.05, 3.63) is 143 Å². The zero-order valence-corrected chi connectivity index (χ0v) is 33.3. The van der Waals surface area contributed by atoms with Crippen molar-refractivity contribution in [2.45, 2.75) is 0 Å². The van der Waals surface area contributed by atoms with E-state index in [4.69, 9.17) is 9.97 Å². The van der Waals surface area contributed by atoms with Crippen LogP contribution in [0.3, 0.4) is 0 Å². The second-order valence-corrected chi connectivity index (χ2v) is 18.6. The van der Waals surface area contributed by atoms with E-state index in [0.717, 1.165) is 49.0 Å². The first-order chi connectivity index (χ1) is 25.4. The van der Waals surface area contributed by atoms with Crippen LogP contribution in [0.2, 0.25) is 0 Å². The molecular weight excluding hydrogens is 770 g/mol. The third-order valence-electron chi connectivity index (χ3n) is 10.0. The molecule has 0 atom stereocenters. The van der Waals surface area contributed by atoms with E-state index < -0.39 is 0 Å². The van der Waals surface area contributed by atoms with Crippen LogP contribution in [0, 0.1) is 0 Å². The number of likely N-dealkylation sites (N-methyl/N-ethyl adjacent to an activating group) is 4. The summed E-state index contributed by atoms with van der Waals surface area (Å²) in [6, 6.07) is 9.45. The Morgan fingerprint density at radius 1 is 0.404 bits per heavy atom. The van der Waals surface area contributed by atoms with E-state index >= 15 is 0 Å². The Hall–Kier alpha value is -4.84. The number of hydrogen-bond acceptors (Lipinski definition) is 6. The maximum atomic E-state index is 5.56. The summed E-state index contributed by atoms with van der Waals surface area (Å²) < 4.78 is 5.45. The molecule has 9 rings (SSSR count). The molecule has 0 aliphatic carbocycles. The van der Waals surface area contributed by atoms with E-state index in [1.165, 1.54) is 61.6 Å². The second kappa shape index (κ2) is 13.6. The fraction of sp³-hybridized carbons (Fsp3) is 0.182. The molecule has 3 aromatic rings. The van der Waals surface area contributed by atoms with Gasteiger partial charge in [0.1, 0.15) is 0 Å². The van der Waals surface area contributed by atoms with Crippen molar-refractivity contribution < 1.29 is 0 Å². The van der Waals surface area contributed by atoms with Crippen molar-refractivity contribution in [1.82, 2.24) is 29.6 Å². The second-order valence-electron chi connectivity index (χ2n) is 14.1. The minimum absolute atomic E-state index is 0.0478. The van der Waals surface area contributed by atoms with E-state index in [1.807, 2.05) is 0 Å². The van der Waals surface area contributed by atoms with E-state index in [2.05, 4.69) is 170 Å². The summed E-state index contributed by atoms with van der Waals surface area (Å²) in [6.45, 7) is 3.39. The molecule has 0 N–H and O–H groups in total. The van der Waals surface area contributed by atoms with Gasteiger partial charge in [-0.3, -0.25) is 0 Å². The van der Waals surface area contributed by atoms with E-state index in [9.17, 15) is 0 Å². The number of nitrogens with zero attached hydrogens (tertiary/aromatic N) is 6. The topological polar surface area (TPSA) is 38.7 Å². The van der Waals surface area contributed by atoms with Gasteiger partial charge in [-0.15, -0.1) is 0 Å². The molecule has 9 heterocycles. The molecule has 6 aliphatic rings. The molecule has 0 unspecified atom stereocenters. The molecular formula is C44H40N6Se2. The number of fused-ring (bicyclic) bond motifs is 8. The maximum absolute atomic E-state index is 5.56. The molecule has 6 aliphatic heterocycles. The van der Waals surface area contributed by atoms with Gasteiger partial charge in [-0.2, -0.15) is 0 Å². The molecule has 3 aromatic heterocycles. The Labute approximate surface area is 317 Å². The predicted octanol–water partition coefficient (Wildman–Crippen LogP) is 7.48. The standard InChI is InChI=1S/C44H40N6Se2/c1-47-21-5-9-29(25-47)41-33-13-14-34(45-33)42(30-10-6-22-48(2)26-30)39-19-20-40(52-39)44(32-12-8-24-50(4)28-32)36-16-15-35(46-36)43(38-18-17-37(41)51-38)31-11-7-23-49(3)27-31/h5-24H,25-28H2,1-4H3. The summed E-state index contributed by atoms with van der Waals surface area (Å²) in [6.07, 6.45) is 35.5. The monoisotopic (exact) mass is 812 g/mol. The third-order valence-corrected chi connectivity index (χ3v) is 14.7. The first-order valence-corrected chi connectivity index (χ1v) is 21.1. The van der Waals surface area contributed by atoms with Crippen LogP contribution in [0.1, 0.15) is 45.0 Å². The van der Waals surface area contributed by atoms with Crippen LogP contribution in [0.4, 0.5) is 0 Å². The summed E-state index contributed by atoms with van der Waals surface area (Å²) in [7, 11) is 8.61. The molecule has 0 fully saturated rings. The van der Waals surface area contributed by atoms with E-state index in [-0.39, 0.29) is 29.0 Å². The zero-order chi connectivity index (χ0) is 35.3. The molecule has 0 saturated carbocycles. The quantitative estimate of drug-likeness (QED) is 0.176. The molecule has 258 valence electrons. The predicted molar refractivity (Wildman–Crippen MR) is 223 cm³/mol. The van der Waals surface area contributed by atoms with Crippen molar-refractivity contribution in [3.63, 3.8) is 0 Å². The fourth-order valence-electron chi connectivity index (χ4n) is 7.66. The summed E-state index contributed by atoms with van der Waals surface area (Å²) in [5, 5.41) is 0. The molecule has 8 bridgehead atoms. The first-order valence-electron chi connectivity index (χ1n) is 17.7. The van der Waals surface area contributed by atoms with Crippen molar-refractivity contribution in [1.29, 1.82) is 0 Å². The van der Waals surface area contributed by atoms with Gasteiger partial charge in [-0.1, -0.05) is 0 Å². The Morgan fingerprint density at radius 2 is 0.654 bits per heavy atom. The van der Waals surface area contributed by atoms with Gasteiger partial charge < -0.3 is 0 Å². The van der Waals surface area contributed by atoms with Crippen LogP contribution in [-0.2, 0) is 0 Å². The van der Waals surface area contributed by atoms with Gasteiger partial charge in [0.25, 0.3) is 0 Å². The summed E-state index contributed by atoms with van der Waals surface area (Å²) in [5.74, 6) is 0. The van der Waals surface area contributed by atoms with E-state index in [0.29, 0.717) is 0 Å². The van der Waals surface area contributed by atoms with Crippen LogP contribution < -0.4 is 0 Å². The minimum atomic E-state index is 0.0478. The Bertz CT molecular complexity index is 2160. The molecule has 0 amide bonds. The average molecular weight is 811 g/mol. The van der Waals surface area contributed by atoms with Crippen LogP contribution in [0.5, 0.6) is 0 Å². The van der Waals surface area contributed by atoms with Gasteiger partial charge in [0.05, 0.1) is 0 Å². The Balaban J connectivity index is 1.43. The van der Waals surface area contributed by atoms with Crippen LogP contribution in [0.15, 0.2) is 97.7 Å². The summed E-state index contributed by atoms with van der Waals surface area (Å²) in [4.78, 5) is 20.2. The number of aromatic nitrogens is 2. The van der Waals surface area contributed by atoms with Gasteiger partial charge in [0.15, 0.2) is 0 Å². The zero-order valence-electron chi connectivity index (χ0n) is 29.9. The number of allylic oxidation sites excluding steroid dienone is 8. The molecule has 8 heteroatoms. The molecule has 0 aromatic carbocycles. The summed E-state index contributed by atoms with van der Waals surface area (Å²) in [5.41, 5.74) is 14.5. The van der Waals surface area contributed by atoms with Crippen LogP contribution >= 0.6 is 0 Å². The summed E-state index contributed by atoms with van der Waals surface area (Å²) >= 11 is 0.0956. The number of hydrogen-bond donors (Lipinski definition) is 0. The van der Waals surface area contributed by atoms with Crippen LogP contribution in [0.25, 0.3) is 63.6 Å². The van der Waals surface area contributed by atoms with Gasteiger partial charge in [0, 0.05) is 0 Å². The van der Waals surface area contributed by atoms with E-state index in [1.54, 1.807) is 0 Å². The van der Waals surface area contributed by atoms with Gasteiger partial charge >= 0.3 is 319 Å². The van der Waals surface area contributed by atoms with Crippen molar-refractivity contribution in [2.75, 3.05) is 54.4 Å². The Morgan fingerprint density at radius 3 is 0.885 bits per heavy atom. The Kier molecular flexibility index (Phi) is 8.65. The molecule has 0 spiro atoms. The van der Waals surface area contributed by atoms with Gasteiger partial charge in [-0.05, 0) is 0 Å². The van der Waals surface area contributed by atoms with Crippen molar-refractivity contribution >= 4 is 92.6 Å². The van der Waals surface area contributed by atoms with Gasteiger partial charge in [-0.25, -0.2) is 0 Å². The third kappa shape index (κ3) is 6.20. The molecule has 0 radical (unpaired) electrons. The normalized spacial score (nSPS) is 17.9. The van der Waals surface area contributed by atoms with Crippen LogP contribution in [-0.4, -0.2) is 113 Å². The first kappa shape index (κ1) is 33.0.